The van der Waals surface area contributed by atoms with Gasteiger partial charge in [0.2, 0.25) is 11.8 Å². The summed E-state index contributed by atoms with van der Waals surface area (Å²) in [5.41, 5.74) is 0.409. The number of hydrogen-bond acceptors (Lipinski definition) is 5. The van der Waals surface area contributed by atoms with Gasteiger partial charge >= 0.3 is 5.97 Å². The van der Waals surface area contributed by atoms with Gasteiger partial charge in [-0.2, -0.15) is 0 Å². The van der Waals surface area contributed by atoms with Gasteiger partial charge in [0.1, 0.15) is 6.04 Å². The van der Waals surface area contributed by atoms with Crippen LogP contribution in [0.25, 0.3) is 0 Å². The van der Waals surface area contributed by atoms with Crippen molar-refractivity contribution in [1.29, 1.82) is 0 Å². The number of imide groups is 1. The summed E-state index contributed by atoms with van der Waals surface area (Å²) in [5.74, 6) is -1.94. The quantitative estimate of drug-likeness (QED) is 0.600. The van der Waals surface area contributed by atoms with Gasteiger partial charge in [-0.1, -0.05) is 23.7 Å². The Morgan fingerprint density at radius 3 is 2.39 bits per heavy atom. The van der Waals surface area contributed by atoms with E-state index < -0.39 is 24.5 Å². The van der Waals surface area contributed by atoms with Crippen molar-refractivity contribution in [3.05, 3.63) is 29.3 Å². The van der Waals surface area contributed by atoms with Crippen LogP contribution in [0.15, 0.2) is 24.3 Å². The first-order valence-corrected chi connectivity index (χ1v) is 9.84. The van der Waals surface area contributed by atoms with Gasteiger partial charge in [0, 0.05) is 0 Å². The molecule has 0 radical (unpaired) electrons. The van der Waals surface area contributed by atoms with Crippen molar-refractivity contribution in [3.63, 3.8) is 0 Å². The molecule has 0 spiro atoms. The molecule has 7 nitrogen and oxygen atoms in total. The number of benzene rings is 1. The molecular weight excluding hydrogens is 384 g/mol. The Morgan fingerprint density at radius 2 is 1.79 bits per heavy atom. The molecule has 148 valence electrons. The summed E-state index contributed by atoms with van der Waals surface area (Å²) in [6.07, 6.45) is 2.88. The van der Waals surface area contributed by atoms with Crippen LogP contribution >= 0.6 is 11.6 Å². The predicted octanol–water partition coefficient (Wildman–Crippen LogP) is 2.24. The second kappa shape index (κ2) is 7.20. The minimum Gasteiger partial charge on any atom is -0.454 e. The van der Waals surface area contributed by atoms with Gasteiger partial charge in [-0.3, -0.25) is 19.3 Å². The second-order valence-electron chi connectivity index (χ2n) is 7.74. The van der Waals surface area contributed by atoms with E-state index in [9.17, 15) is 19.2 Å². The zero-order valence-corrected chi connectivity index (χ0v) is 16.1. The maximum absolute atomic E-state index is 12.8. The van der Waals surface area contributed by atoms with E-state index in [0.29, 0.717) is 10.7 Å². The molecule has 3 amide bonds. The van der Waals surface area contributed by atoms with Crippen molar-refractivity contribution >= 4 is 41.0 Å². The van der Waals surface area contributed by atoms with Crippen molar-refractivity contribution in [2.24, 2.45) is 23.7 Å². The molecule has 1 saturated heterocycles. The maximum Gasteiger partial charge on any atom is 0.329 e. The SMILES string of the molecule is C[C@H](C(=O)OCC(=O)Nc1ccccc1Cl)N1C(=O)[C@H]2[C@@H]3CC[C@H](C3)[C@@H]2C1=O. The summed E-state index contributed by atoms with van der Waals surface area (Å²) in [5, 5.41) is 2.91. The van der Waals surface area contributed by atoms with E-state index in [-0.39, 0.29) is 35.5 Å². The molecule has 3 fully saturated rings. The molecule has 1 N–H and O–H groups in total. The summed E-state index contributed by atoms with van der Waals surface area (Å²) in [7, 11) is 0. The van der Waals surface area contributed by atoms with Crippen molar-refractivity contribution in [1.82, 2.24) is 4.90 Å². The van der Waals surface area contributed by atoms with Gasteiger partial charge in [0.15, 0.2) is 6.61 Å². The normalized spacial score (nSPS) is 29.0. The summed E-state index contributed by atoms with van der Waals surface area (Å²) < 4.78 is 5.04. The lowest BCUT2D eigenvalue weighted by atomic mass is 9.81. The lowest BCUT2D eigenvalue weighted by molar-refractivity contribution is -0.159. The van der Waals surface area contributed by atoms with E-state index in [0.717, 1.165) is 24.2 Å². The van der Waals surface area contributed by atoms with Crippen LogP contribution < -0.4 is 5.32 Å². The third-order valence-electron chi connectivity index (χ3n) is 6.18. The molecule has 0 aromatic heterocycles. The van der Waals surface area contributed by atoms with Crippen LogP contribution in [0.1, 0.15) is 26.2 Å². The summed E-state index contributed by atoms with van der Waals surface area (Å²) >= 11 is 5.97. The topological polar surface area (TPSA) is 92.8 Å². The van der Waals surface area contributed by atoms with Crippen LogP contribution in [0.4, 0.5) is 5.69 Å². The fourth-order valence-corrected chi connectivity index (χ4v) is 5.11. The number of amides is 3. The van der Waals surface area contributed by atoms with Crippen molar-refractivity contribution in [2.45, 2.75) is 32.2 Å². The fourth-order valence-electron chi connectivity index (χ4n) is 4.93. The number of esters is 1. The van der Waals surface area contributed by atoms with E-state index in [1.165, 1.54) is 6.92 Å². The zero-order chi connectivity index (χ0) is 20.0. The van der Waals surface area contributed by atoms with Gasteiger partial charge in [0.05, 0.1) is 22.5 Å². The largest absolute Gasteiger partial charge is 0.454 e. The molecule has 3 aliphatic rings. The number of ether oxygens (including phenoxy) is 1. The van der Waals surface area contributed by atoms with Gasteiger partial charge in [-0.05, 0) is 50.2 Å². The molecule has 1 heterocycles. The Bertz CT molecular complexity index is 829. The number of carbonyl (C=O) groups excluding carboxylic acids is 4. The van der Waals surface area contributed by atoms with E-state index in [2.05, 4.69) is 5.32 Å². The standard InChI is InChI=1S/C20H21ClN2O5/c1-10(20(27)28-9-15(24)22-14-5-3-2-4-13(14)21)23-18(25)16-11-6-7-12(8-11)17(16)19(23)26/h2-5,10-12,16-17H,6-9H2,1H3,(H,22,24)/t10-,11-,12-,16+,17+/m1/s1. The Morgan fingerprint density at radius 1 is 1.18 bits per heavy atom. The summed E-state index contributed by atoms with van der Waals surface area (Å²) in [6, 6.07) is 5.65. The number of rotatable bonds is 5. The van der Waals surface area contributed by atoms with Crippen LogP contribution in [-0.2, 0) is 23.9 Å². The average molecular weight is 405 g/mol. The van der Waals surface area contributed by atoms with Crippen molar-refractivity contribution in [3.8, 4) is 0 Å². The number of carbonyl (C=O) groups is 4. The number of fused-ring (bicyclic) bond motifs is 5. The lowest BCUT2D eigenvalue weighted by Gasteiger charge is -2.23. The third-order valence-corrected chi connectivity index (χ3v) is 6.51. The second-order valence-corrected chi connectivity index (χ2v) is 8.15. The van der Waals surface area contributed by atoms with Crippen molar-refractivity contribution < 1.29 is 23.9 Å². The zero-order valence-electron chi connectivity index (χ0n) is 15.4. The molecule has 28 heavy (non-hydrogen) atoms. The number of para-hydroxylation sites is 1. The van der Waals surface area contributed by atoms with Crippen LogP contribution in [0, 0.1) is 23.7 Å². The van der Waals surface area contributed by atoms with Crippen LogP contribution in [0.2, 0.25) is 5.02 Å². The molecule has 0 unspecified atom stereocenters. The first kappa shape index (κ1) is 18.9. The first-order chi connectivity index (χ1) is 13.4. The summed E-state index contributed by atoms with van der Waals surface area (Å²) in [6.45, 7) is 0.940. The predicted molar refractivity (Wildman–Crippen MR) is 100 cm³/mol. The Kier molecular flexibility index (Phi) is 4.87. The Labute approximate surface area is 167 Å². The number of halogens is 1. The number of hydrogen-bond donors (Lipinski definition) is 1. The molecule has 1 aromatic carbocycles. The molecule has 4 rings (SSSR count). The number of likely N-dealkylation sites (tertiary alicyclic amines) is 1. The number of nitrogens with one attached hydrogen (secondary N) is 1. The fraction of sp³-hybridized carbons (Fsp3) is 0.500. The van der Waals surface area contributed by atoms with Crippen molar-refractivity contribution in [2.75, 3.05) is 11.9 Å². The minimum atomic E-state index is -1.04. The average Bonchev–Trinajstić information content (AvgIpc) is 3.35. The first-order valence-electron chi connectivity index (χ1n) is 9.46. The molecular formula is C20H21ClN2O5. The number of anilines is 1. The monoisotopic (exact) mass is 404 g/mol. The molecule has 8 heteroatoms. The van der Waals surface area contributed by atoms with E-state index >= 15 is 0 Å². The molecule has 5 atom stereocenters. The minimum absolute atomic E-state index is 0.251. The van der Waals surface area contributed by atoms with E-state index in [1.807, 2.05) is 0 Å². The molecule has 2 aliphatic carbocycles. The highest BCUT2D eigenvalue weighted by Gasteiger charge is 2.62. The molecule has 1 aliphatic heterocycles. The van der Waals surface area contributed by atoms with Gasteiger partial charge in [-0.15, -0.1) is 0 Å². The Hall–Kier alpha value is -2.41. The van der Waals surface area contributed by atoms with E-state index in [1.54, 1.807) is 24.3 Å². The maximum atomic E-state index is 12.8. The van der Waals surface area contributed by atoms with Gasteiger partial charge in [-0.25, -0.2) is 4.79 Å². The van der Waals surface area contributed by atoms with Gasteiger partial charge < -0.3 is 10.1 Å². The highest BCUT2D eigenvalue weighted by atomic mass is 35.5. The van der Waals surface area contributed by atoms with E-state index in [4.69, 9.17) is 16.3 Å². The smallest absolute Gasteiger partial charge is 0.329 e. The van der Waals surface area contributed by atoms with Crippen LogP contribution in [-0.4, -0.2) is 41.2 Å². The van der Waals surface area contributed by atoms with Gasteiger partial charge in [0.25, 0.3) is 5.91 Å². The molecule has 1 aromatic rings. The third kappa shape index (κ3) is 3.07. The number of nitrogens with zero attached hydrogens (tertiary/aromatic N) is 1. The van der Waals surface area contributed by atoms with Crippen LogP contribution in [0.5, 0.6) is 0 Å². The lowest BCUT2D eigenvalue weighted by Crippen LogP contribution is -2.45. The van der Waals surface area contributed by atoms with Crippen LogP contribution in [0.3, 0.4) is 0 Å². The molecule has 2 saturated carbocycles. The summed E-state index contributed by atoms with van der Waals surface area (Å²) in [4.78, 5) is 50.9. The molecule has 2 bridgehead atoms. The highest BCUT2D eigenvalue weighted by molar-refractivity contribution is 6.33. The Balaban J connectivity index is 1.35. The highest BCUT2D eigenvalue weighted by Crippen LogP contribution is 2.56.